The number of rotatable bonds is 3. The van der Waals surface area contributed by atoms with E-state index in [1.165, 1.54) is 16.4 Å². The highest BCUT2D eigenvalue weighted by atomic mass is 35.5. The Morgan fingerprint density at radius 2 is 2.20 bits per heavy atom. The lowest BCUT2D eigenvalue weighted by molar-refractivity contribution is 0.242. The first-order chi connectivity index (χ1) is 9.32. The summed E-state index contributed by atoms with van der Waals surface area (Å²) in [5.74, 6) is -0.714. The lowest BCUT2D eigenvalue weighted by Crippen LogP contribution is -2.45. The van der Waals surface area contributed by atoms with Gasteiger partial charge in [-0.15, -0.1) is 0 Å². The number of nitrogens with zero attached hydrogens (tertiary/aromatic N) is 1. The second kappa shape index (κ2) is 5.97. The van der Waals surface area contributed by atoms with Gasteiger partial charge in [-0.2, -0.15) is 4.31 Å². The summed E-state index contributed by atoms with van der Waals surface area (Å²) >= 11 is 5.65. The Hall–Kier alpha value is -0.690. The molecule has 7 heteroatoms. The second-order valence-corrected chi connectivity index (χ2v) is 7.54. The molecular formula is C13H18ClFN2O2S. The smallest absolute Gasteiger partial charge is 0.245 e. The molecule has 1 aromatic rings. The van der Waals surface area contributed by atoms with E-state index in [9.17, 15) is 12.8 Å². The van der Waals surface area contributed by atoms with Crippen molar-refractivity contribution in [3.8, 4) is 0 Å². The average Bonchev–Trinajstić information content (AvgIpc) is 2.38. The quantitative estimate of drug-likeness (QED) is 0.929. The molecule has 0 bridgehead atoms. The number of halogens is 2. The minimum Gasteiger partial charge on any atom is -0.328 e. The fourth-order valence-corrected chi connectivity index (χ4v) is 4.18. The van der Waals surface area contributed by atoms with Gasteiger partial charge in [-0.1, -0.05) is 11.6 Å². The van der Waals surface area contributed by atoms with Gasteiger partial charge in [0.25, 0.3) is 0 Å². The standard InChI is InChI=1S/C13H18ClFN2O2S/c1-9(16)10-3-2-6-17(8-10)20(18,19)13-5-4-11(14)7-12(13)15/h4-5,7,9-10H,2-3,6,8,16H2,1H3/t9-,10-/m0/s1. The SMILES string of the molecule is C[C@H](N)[C@H]1CCCN(S(=O)(=O)c2ccc(Cl)cc2F)C1. The number of nitrogens with two attached hydrogens (primary N) is 1. The summed E-state index contributed by atoms with van der Waals surface area (Å²) in [6.07, 6.45) is 1.63. The highest BCUT2D eigenvalue weighted by Crippen LogP contribution is 2.27. The Balaban J connectivity index is 2.30. The minimum absolute atomic E-state index is 0.0805. The molecule has 0 unspecified atom stereocenters. The Morgan fingerprint density at radius 1 is 1.50 bits per heavy atom. The molecule has 112 valence electrons. The summed E-state index contributed by atoms with van der Waals surface area (Å²) in [5, 5.41) is 0.175. The van der Waals surface area contributed by atoms with Gasteiger partial charge >= 0.3 is 0 Å². The molecule has 2 atom stereocenters. The molecule has 1 aliphatic heterocycles. The molecule has 0 amide bonds. The van der Waals surface area contributed by atoms with E-state index in [1.54, 1.807) is 0 Å². The first-order valence-corrected chi connectivity index (χ1v) is 8.35. The third-order valence-corrected chi connectivity index (χ3v) is 5.81. The van der Waals surface area contributed by atoms with E-state index in [0.717, 1.165) is 18.9 Å². The molecule has 2 rings (SSSR count). The molecule has 0 aliphatic carbocycles. The largest absolute Gasteiger partial charge is 0.328 e. The van der Waals surface area contributed by atoms with Crippen LogP contribution in [-0.4, -0.2) is 31.9 Å². The predicted octanol–water partition coefficient (Wildman–Crippen LogP) is 2.23. The third-order valence-electron chi connectivity index (χ3n) is 3.68. The van der Waals surface area contributed by atoms with Gasteiger partial charge in [0.15, 0.2) is 0 Å². The molecule has 20 heavy (non-hydrogen) atoms. The molecule has 0 spiro atoms. The summed E-state index contributed by atoms with van der Waals surface area (Å²) in [7, 11) is -3.83. The zero-order valence-electron chi connectivity index (χ0n) is 11.2. The fraction of sp³-hybridized carbons (Fsp3) is 0.538. The van der Waals surface area contributed by atoms with Gasteiger partial charge in [0, 0.05) is 24.2 Å². The Kier molecular flexibility index (Phi) is 4.69. The molecule has 0 radical (unpaired) electrons. The van der Waals surface area contributed by atoms with Crippen molar-refractivity contribution in [3.63, 3.8) is 0 Å². The highest BCUT2D eigenvalue weighted by Gasteiger charge is 2.33. The molecule has 1 fully saturated rings. The van der Waals surface area contributed by atoms with E-state index < -0.39 is 15.8 Å². The van der Waals surface area contributed by atoms with Crippen molar-refractivity contribution in [2.75, 3.05) is 13.1 Å². The summed E-state index contributed by atoms with van der Waals surface area (Å²) in [6.45, 7) is 2.60. The van der Waals surface area contributed by atoms with Gasteiger partial charge in [0.1, 0.15) is 10.7 Å². The Bertz CT molecular complexity index is 592. The average molecular weight is 321 g/mol. The van der Waals surface area contributed by atoms with E-state index >= 15 is 0 Å². The summed E-state index contributed by atoms with van der Waals surface area (Å²) in [6, 6.07) is 3.53. The van der Waals surface area contributed by atoms with Crippen LogP contribution in [0.4, 0.5) is 4.39 Å². The van der Waals surface area contributed by atoms with Crippen LogP contribution < -0.4 is 5.73 Å². The van der Waals surface area contributed by atoms with E-state index in [2.05, 4.69) is 0 Å². The highest BCUT2D eigenvalue weighted by molar-refractivity contribution is 7.89. The summed E-state index contributed by atoms with van der Waals surface area (Å²) < 4.78 is 40.1. The molecule has 0 aromatic heterocycles. The number of piperidine rings is 1. The summed E-state index contributed by atoms with van der Waals surface area (Å²) in [4.78, 5) is -0.327. The van der Waals surface area contributed by atoms with Crippen LogP contribution in [0.1, 0.15) is 19.8 Å². The molecule has 0 saturated carbocycles. The van der Waals surface area contributed by atoms with Crippen LogP contribution in [0.5, 0.6) is 0 Å². The number of hydrogen-bond acceptors (Lipinski definition) is 3. The van der Waals surface area contributed by atoms with Crippen molar-refractivity contribution in [1.82, 2.24) is 4.31 Å². The zero-order valence-corrected chi connectivity index (χ0v) is 12.8. The first kappa shape index (κ1) is 15.7. The molecule has 1 aliphatic rings. The summed E-state index contributed by atoms with van der Waals surface area (Å²) in [5.41, 5.74) is 5.85. The van der Waals surface area contributed by atoms with Crippen molar-refractivity contribution in [3.05, 3.63) is 29.0 Å². The maximum absolute atomic E-state index is 13.8. The van der Waals surface area contributed by atoms with Gasteiger partial charge in [0.05, 0.1) is 0 Å². The predicted molar refractivity (Wildman–Crippen MR) is 76.5 cm³/mol. The lowest BCUT2D eigenvalue weighted by atomic mass is 9.93. The third kappa shape index (κ3) is 3.14. The fourth-order valence-electron chi connectivity index (χ4n) is 2.44. The van der Waals surface area contributed by atoms with E-state index in [0.29, 0.717) is 13.1 Å². The maximum atomic E-state index is 13.8. The Morgan fingerprint density at radius 3 is 2.80 bits per heavy atom. The normalized spacial score (nSPS) is 22.7. The van der Waals surface area contributed by atoms with Gasteiger partial charge < -0.3 is 5.73 Å². The Labute approximate surface area is 123 Å². The maximum Gasteiger partial charge on any atom is 0.245 e. The van der Waals surface area contributed by atoms with Crippen LogP contribution in [0.2, 0.25) is 5.02 Å². The van der Waals surface area contributed by atoms with E-state index in [1.807, 2.05) is 6.92 Å². The van der Waals surface area contributed by atoms with Crippen molar-refractivity contribution in [2.45, 2.75) is 30.7 Å². The van der Waals surface area contributed by atoms with Gasteiger partial charge in [0.2, 0.25) is 10.0 Å². The molecular weight excluding hydrogens is 303 g/mol. The van der Waals surface area contributed by atoms with Crippen LogP contribution in [0.3, 0.4) is 0 Å². The van der Waals surface area contributed by atoms with Crippen molar-refractivity contribution >= 4 is 21.6 Å². The van der Waals surface area contributed by atoms with Crippen molar-refractivity contribution < 1.29 is 12.8 Å². The molecule has 1 heterocycles. The minimum atomic E-state index is -3.83. The van der Waals surface area contributed by atoms with Crippen LogP contribution >= 0.6 is 11.6 Å². The number of benzene rings is 1. The lowest BCUT2D eigenvalue weighted by Gasteiger charge is -2.33. The second-order valence-electron chi connectivity index (χ2n) is 5.20. The molecule has 4 nitrogen and oxygen atoms in total. The van der Waals surface area contributed by atoms with Crippen LogP contribution in [-0.2, 0) is 10.0 Å². The van der Waals surface area contributed by atoms with Gasteiger partial charge in [-0.3, -0.25) is 0 Å². The monoisotopic (exact) mass is 320 g/mol. The zero-order chi connectivity index (χ0) is 14.9. The molecule has 1 aromatic carbocycles. The number of sulfonamides is 1. The van der Waals surface area contributed by atoms with Gasteiger partial charge in [-0.25, -0.2) is 12.8 Å². The molecule has 1 saturated heterocycles. The van der Waals surface area contributed by atoms with E-state index in [4.69, 9.17) is 17.3 Å². The van der Waals surface area contributed by atoms with Crippen molar-refractivity contribution in [1.29, 1.82) is 0 Å². The van der Waals surface area contributed by atoms with Gasteiger partial charge in [-0.05, 0) is 43.9 Å². The number of hydrogen-bond donors (Lipinski definition) is 1. The van der Waals surface area contributed by atoms with Crippen LogP contribution in [0.15, 0.2) is 23.1 Å². The van der Waals surface area contributed by atoms with Crippen LogP contribution in [0, 0.1) is 11.7 Å². The first-order valence-electron chi connectivity index (χ1n) is 6.53. The topological polar surface area (TPSA) is 63.4 Å². The van der Waals surface area contributed by atoms with E-state index in [-0.39, 0.29) is 21.9 Å². The van der Waals surface area contributed by atoms with Crippen molar-refractivity contribution in [2.24, 2.45) is 11.7 Å². The molecule has 2 N–H and O–H groups in total. The van der Waals surface area contributed by atoms with Crippen LogP contribution in [0.25, 0.3) is 0 Å².